The number of nitrogens with one attached hydrogen (secondary N) is 2. The Balaban J connectivity index is 2.07. The maximum absolute atomic E-state index is 12.5. The molecule has 2 N–H and O–H groups in total. The summed E-state index contributed by atoms with van der Waals surface area (Å²) in [4.78, 5) is 23.8. The third-order valence-corrected chi connectivity index (χ3v) is 5.40. The summed E-state index contributed by atoms with van der Waals surface area (Å²) < 4.78 is 69.2. The van der Waals surface area contributed by atoms with E-state index in [-0.39, 0.29) is 11.6 Å². The van der Waals surface area contributed by atoms with Crippen LogP contribution in [0.5, 0.6) is 0 Å². The largest absolute Gasteiger partial charge is 0.534 e. The summed E-state index contributed by atoms with van der Waals surface area (Å²) in [6.45, 7) is 6.02. The Labute approximate surface area is 187 Å². The number of carbonyl (C=O) groups is 1. The molecule has 0 aromatic heterocycles. The summed E-state index contributed by atoms with van der Waals surface area (Å²) in [5, 5.41) is 22.1. The molecule has 0 aromatic carbocycles. The molecule has 184 valence electrons. The first-order valence-electron chi connectivity index (χ1n) is 9.62. The number of ether oxygens (including phenoxy) is 1. The highest BCUT2D eigenvalue weighted by atomic mass is 32.2. The number of nitro groups is 1. The number of allylic oxidation sites excluding steroid dienone is 3. The molecule has 11 nitrogen and oxygen atoms in total. The number of nitrogens with zero attached hydrogens (tertiary/aromatic N) is 2. The number of hydrogen-bond acceptors (Lipinski definition) is 9. The Bertz CT molecular complexity index is 1020. The minimum absolute atomic E-state index is 0.0620. The van der Waals surface area contributed by atoms with Gasteiger partial charge in [-0.3, -0.25) is 10.1 Å². The lowest BCUT2D eigenvalue weighted by Crippen LogP contribution is -2.45. The zero-order valence-corrected chi connectivity index (χ0v) is 18.7. The minimum Gasteiger partial charge on any atom is -0.444 e. The number of alkyl halides is 3. The molecule has 1 aliphatic heterocycles. The summed E-state index contributed by atoms with van der Waals surface area (Å²) in [7, 11) is -6.15. The van der Waals surface area contributed by atoms with Gasteiger partial charge in [0.05, 0.1) is 10.6 Å². The van der Waals surface area contributed by atoms with Crippen LogP contribution in [0.1, 0.15) is 33.6 Å². The molecule has 0 spiro atoms. The number of rotatable bonds is 5. The average molecular weight is 496 g/mol. The van der Waals surface area contributed by atoms with E-state index >= 15 is 0 Å². The molecule has 0 bridgehead atoms. The van der Waals surface area contributed by atoms with Gasteiger partial charge in [0.15, 0.2) is 0 Å². The molecule has 0 radical (unpaired) electrons. The van der Waals surface area contributed by atoms with Crippen molar-refractivity contribution in [3.05, 3.63) is 45.5 Å². The molecule has 1 fully saturated rings. The lowest BCUT2D eigenvalue weighted by molar-refractivity contribution is -0.423. The highest BCUT2D eigenvalue weighted by Crippen LogP contribution is 2.31. The maximum atomic E-state index is 12.5. The summed E-state index contributed by atoms with van der Waals surface area (Å²) in [6, 6.07) is -0.149. The second-order valence-electron chi connectivity index (χ2n) is 8.20. The Morgan fingerprint density at radius 1 is 1.27 bits per heavy atom. The van der Waals surface area contributed by atoms with Gasteiger partial charge in [-0.25, -0.2) is 4.79 Å². The predicted molar refractivity (Wildman–Crippen MR) is 109 cm³/mol. The van der Waals surface area contributed by atoms with Crippen LogP contribution in [0, 0.1) is 15.5 Å². The molecule has 15 heteroatoms. The normalized spacial score (nSPS) is 19.6. The molecule has 1 saturated heterocycles. The average Bonchev–Trinajstić information content (AvgIpc) is 2.65. The van der Waals surface area contributed by atoms with Crippen molar-refractivity contribution in [2.45, 2.75) is 50.8 Å². The second-order valence-corrected chi connectivity index (χ2v) is 9.74. The van der Waals surface area contributed by atoms with Gasteiger partial charge in [0.2, 0.25) is 5.76 Å². The summed E-state index contributed by atoms with van der Waals surface area (Å²) >= 11 is 0. The third kappa shape index (κ3) is 6.94. The number of carbonyl (C=O) groups excluding carboxylic acids is 1. The van der Waals surface area contributed by atoms with E-state index in [9.17, 15) is 36.5 Å². The molecule has 2 rings (SSSR count). The van der Waals surface area contributed by atoms with Crippen LogP contribution in [-0.2, 0) is 19.0 Å². The summed E-state index contributed by atoms with van der Waals surface area (Å²) in [6.07, 6.45) is 3.11. The molecular formula is C18H23F3N4O7S. The van der Waals surface area contributed by atoms with Gasteiger partial charge in [0.1, 0.15) is 5.60 Å². The van der Waals surface area contributed by atoms with Crippen LogP contribution < -0.4 is 5.32 Å². The lowest BCUT2D eigenvalue weighted by atomic mass is 10.0. The van der Waals surface area contributed by atoms with Crippen LogP contribution in [0.4, 0.5) is 18.0 Å². The van der Waals surface area contributed by atoms with Crippen LogP contribution in [0.15, 0.2) is 35.4 Å². The van der Waals surface area contributed by atoms with Gasteiger partial charge < -0.3 is 24.5 Å². The van der Waals surface area contributed by atoms with Gasteiger partial charge in [-0.15, -0.1) is 0 Å². The number of piperidine rings is 1. The fourth-order valence-corrected chi connectivity index (χ4v) is 3.31. The number of halogens is 3. The molecule has 1 heterocycles. The van der Waals surface area contributed by atoms with Crippen LogP contribution in [0.25, 0.3) is 0 Å². The molecule has 1 amide bonds. The third-order valence-electron chi connectivity index (χ3n) is 4.43. The smallest absolute Gasteiger partial charge is 0.444 e. The highest BCUT2D eigenvalue weighted by Gasteiger charge is 2.50. The topological polar surface area (TPSA) is 152 Å². The number of hydrogen-bond donors (Lipinski definition) is 2. The van der Waals surface area contributed by atoms with E-state index in [1.807, 2.05) is 0 Å². The van der Waals surface area contributed by atoms with Gasteiger partial charge in [-0.2, -0.15) is 21.6 Å². The fraction of sp³-hybridized carbons (Fsp3) is 0.556. The predicted octanol–water partition coefficient (Wildman–Crippen LogP) is 2.80. The van der Waals surface area contributed by atoms with Crippen LogP contribution in [0.2, 0.25) is 0 Å². The van der Waals surface area contributed by atoms with E-state index in [0.717, 1.165) is 6.08 Å². The molecule has 2 aliphatic rings. The van der Waals surface area contributed by atoms with Crippen molar-refractivity contribution in [2.24, 2.45) is 0 Å². The number of likely N-dealkylation sites (tertiary alicyclic amines) is 1. The fourth-order valence-electron chi connectivity index (χ4n) is 2.84. The molecule has 1 aliphatic carbocycles. The van der Waals surface area contributed by atoms with Crippen LogP contribution in [-0.4, -0.2) is 60.3 Å². The Morgan fingerprint density at radius 2 is 1.85 bits per heavy atom. The van der Waals surface area contributed by atoms with Crippen LogP contribution in [0.3, 0.4) is 0 Å². The molecule has 0 unspecified atom stereocenters. The maximum Gasteiger partial charge on any atom is 0.534 e. The van der Waals surface area contributed by atoms with E-state index in [1.165, 1.54) is 11.1 Å². The van der Waals surface area contributed by atoms with Gasteiger partial charge in [-0.1, -0.05) is 0 Å². The summed E-state index contributed by atoms with van der Waals surface area (Å²) in [5.41, 5.74) is -8.02. The second kappa shape index (κ2) is 9.41. The van der Waals surface area contributed by atoms with Gasteiger partial charge in [0.25, 0.3) is 0 Å². The molecule has 33 heavy (non-hydrogen) atoms. The van der Waals surface area contributed by atoms with Crippen molar-refractivity contribution in [3.63, 3.8) is 0 Å². The molecule has 0 aromatic rings. The molecular weight excluding hydrogens is 473 g/mol. The van der Waals surface area contributed by atoms with Crippen molar-refractivity contribution in [1.29, 1.82) is 5.41 Å². The first kappa shape index (κ1) is 26.2. The Morgan fingerprint density at radius 3 is 2.33 bits per heavy atom. The lowest BCUT2D eigenvalue weighted by Gasteiger charge is -2.33. The standard InChI is InChI=1S/C18H23F3N4O7S/c1-17(2,3)31-16(26)24-6-4-12(5-7-24)23-10-11-8-14(25(27)28)15(9-13(11)22)32-33(29,30)18(19,20)21/h8-10,12,22-23H,4-7H2,1-3H3/b11-10-,22-13?. The van der Waals surface area contributed by atoms with Crippen LogP contribution >= 0.6 is 0 Å². The first-order valence-corrected chi connectivity index (χ1v) is 11.0. The molecule has 0 saturated carbocycles. The Hall–Kier alpha value is -3.10. The molecule has 0 atom stereocenters. The minimum atomic E-state index is -6.15. The number of amides is 1. The SMILES string of the molecule is CC(C)(C)OC(=O)N1CCC(N/C=C2/C=C([N+](=O)[O-])C(OS(=O)(=O)C(F)(F)F)=CC2=N)CC1. The monoisotopic (exact) mass is 496 g/mol. The van der Waals surface area contributed by atoms with Gasteiger partial charge >= 0.3 is 27.4 Å². The van der Waals surface area contributed by atoms with Crippen molar-refractivity contribution in [3.8, 4) is 0 Å². The zero-order chi connectivity index (χ0) is 25.2. The quantitative estimate of drug-likeness (QED) is 0.255. The van der Waals surface area contributed by atoms with Gasteiger partial charge in [0, 0.05) is 43.1 Å². The van der Waals surface area contributed by atoms with E-state index in [0.29, 0.717) is 32.0 Å². The zero-order valence-electron chi connectivity index (χ0n) is 17.9. The highest BCUT2D eigenvalue weighted by molar-refractivity contribution is 7.87. The van der Waals surface area contributed by atoms with E-state index < -0.39 is 49.4 Å². The van der Waals surface area contributed by atoms with Crippen molar-refractivity contribution in [2.75, 3.05) is 13.1 Å². The first-order chi connectivity index (χ1) is 15.0. The van der Waals surface area contributed by atoms with E-state index in [4.69, 9.17) is 10.1 Å². The van der Waals surface area contributed by atoms with Crippen molar-refractivity contribution >= 4 is 21.9 Å². The van der Waals surface area contributed by atoms with E-state index in [1.54, 1.807) is 20.8 Å². The van der Waals surface area contributed by atoms with Crippen molar-refractivity contribution in [1.82, 2.24) is 10.2 Å². The van der Waals surface area contributed by atoms with Crippen molar-refractivity contribution < 1.29 is 40.2 Å². The Kier molecular flexibility index (Phi) is 7.46. The van der Waals surface area contributed by atoms with Gasteiger partial charge in [-0.05, 0) is 33.6 Å². The van der Waals surface area contributed by atoms with E-state index in [2.05, 4.69) is 9.50 Å². The summed E-state index contributed by atoms with van der Waals surface area (Å²) in [5.74, 6) is -1.22.